The average molecular weight is 196 g/mol. The van der Waals surface area contributed by atoms with Crippen LogP contribution in [0, 0.1) is 5.41 Å². The molecular weight excluding hydrogens is 186 g/mol. The summed E-state index contributed by atoms with van der Waals surface area (Å²) >= 11 is 0. The van der Waals surface area contributed by atoms with Crippen LogP contribution < -0.4 is 0 Å². The Morgan fingerprint density at radius 3 is 1.54 bits per heavy atom. The highest BCUT2D eigenvalue weighted by Crippen LogP contribution is 2.30. The van der Waals surface area contributed by atoms with Gasteiger partial charge in [0.15, 0.2) is 5.41 Å². The summed E-state index contributed by atoms with van der Waals surface area (Å²) in [4.78, 5) is 27.5. The number of rotatable bonds is 4. The minimum absolute atomic E-state index is 0.0883. The molecule has 6 heteroatoms. The van der Waals surface area contributed by atoms with E-state index in [0.29, 0.717) is 0 Å². The quantitative estimate of drug-likeness (QED) is 0.641. The first kappa shape index (κ1) is 11.8. The Bertz CT molecular complexity index is 183. The fourth-order valence-electron chi connectivity index (χ4n) is 1.06. The van der Waals surface area contributed by atoms with E-state index in [4.69, 9.17) is 0 Å². The van der Waals surface area contributed by atoms with Crippen molar-refractivity contribution in [1.82, 2.24) is 0 Å². The summed E-state index contributed by atoms with van der Waals surface area (Å²) in [6, 6.07) is 0. The van der Waals surface area contributed by atoms with Gasteiger partial charge in [-0.2, -0.15) is 0 Å². The van der Waals surface area contributed by atoms with E-state index in [1.807, 2.05) is 0 Å². The van der Waals surface area contributed by atoms with Crippen molar-refractivity contribution in [1.29, 1.82) is 0 Å². The normalized spacial score (nSPS) is 10.8. The Morgan fingerprint density at radius 2 is 1.38 bits per heavy atom. The fourth-order valence-corrected chi connectivity index (χ4v) is 1.06. The second kappa shape index (κ2) is 4.74. The highest BCUT2D eigenvalue weighted by atomic mass is 19.3. The van der Waals surface area contributed by atoms with Gasteiger partial charge in [0.25, 0.3) is 0 Å². The second-order valence-electron chi connectivity index (χ2n) is 2.52. The molecule has 76 valence electrons. The van der Waals surface area contributed by atoms with Crippen molar-refractivity contribution >= 4 is 11.9 Å². The molecule has 0 spiro atoms. The average Bonchev–Trinajstić information content (AvgIpc) is 2.19. The van der Waals surface area contributed by atoms with Gasteiger partial charge in [-0.15, -0.1) is 0 Å². The smallest absolute Gasteiger partial charge is 0.254 e. The van der Waals surface area contributed by atoms with Gasteiger partial charge in [0, 0.05) is 9.05 Å². The lowest BCUT2D eigenvalue weighted by Gasteiger charge is -2.21. The second-order valence-corrected chi connectivity index (χ2v) is 2.52. The fraction of sp³-hybridized carbons (Fsp3) is 0.714. The van der Waals surface area contributed by atoms with Gasteiger partial charge in [0.1, 0.15) is 0 Å². The molecule has 0 heterocycles. The highest BCUT2D eigenvalue weighted by molar-refractivity contribution is 5.99. The molecule has 0 aliphatic heterocycles. The molecule has 0 N–H and O–H groups in total. The number of hydrogen-bond donors (Lipinski definition) is 0. The van der Waals surface area contributed by atoms with Crippen LogP contribution in [0.1, 0.15) is 26.7 Å². The Morgan fingerprint density at radius 1 is 1.08 bits per heavy atom. The summed E-state index contributed by atoms with van der Waals surface area (Å²) < 4.78 is 23.1. The summed E-state index contributed by atoms with van der Waals surface area (Å²) in [5, 5.41) is 0. The Labute approximate surface area is 73.6 Å². The molecule has 0 saturated carbocycles. The van der Waals surface area contributed by atoms with Gasteiger partial charge in [-0.05, 0) is 12.8 Å². The lowest BCUT2D eigenvalue weighted by atomic mass is 9.83. The van der Waals surface area contributed by atoms with E-state index < -0.39 is 17.4 Å². The predicted molar refractivity (Wildman–Crippen MR) is 37.4 cm³/mol. The van der Waals surface area contributed by atoms with Crippen molar-refractivity contribution in [2.45, 2.75) is 26.7 Å². The standard InChI is InChI=1S/C7H10F2O4/c1-3-7(4-2,5(10)12-8)6(11)13-9/h3-4H2,1-2H3. The summed E-state index contributed by atoms with van der Waals surface area (Å²) in [6.45, 7) is 2.86. The van der Waals surface area contributed by atoms with Crippen LogP contribution in [0.3, 0.4) is 0 Å². The van der Waals surface area contributed by atoms with Crippen molar-refractivity contribution in [3.05, 3.63) is 0 Å². The zero-order valence-electron chi connectivity index (χ0n) is 7.30. The molecular formula is C7H10F2O4. The molecule has 0 atom stereocenters. The van der Waals surface area contributed by atoms with E-state index >= 15 is 0 Å². The van der Waals surface area contributed by atoms with Crippen LogP contribution in [0.15, 0.2) is 0 Å². The molecule has 0 radical (unpaired) electrons. The minimum atomic E-state index is -1.87. The number of carbonyl (C=O) groups excluding carboxylic acids is 2. The SMILES string of the molecule is CCC(CC)(C(=O)OF)C(=O)OF. The molecule has 4 nitrogen and oxygen atoms in total. The van der Waals surface area contributed by atoms with Crippen molar-refractivity contribution in [3.63, 3.8) is 0 Å². The molecule has 0 aromatic rings. The highest BCUT2D eigenvalue weighted by Gasteiger charge is 2.47. The van der Waals surface area contributed by atoms with Crippen LogP contribution in [0.5, 0.6) is 0 Å². The first-order chi connectivity index (χ1) is 6.08. The Balaban J connectivity index is 4.90. The van der Waals surface area contributed by atoms with E-state index in [2.05, 4.69) is 9.88 Å². The molecule has 0 aliphatic carbocycles. The van der Waals surface area contributed by atoms with Crippen LogP contribution >= 0.6 is 0 Å². The summed E-state index contributed by atoms with van der Waals surface area (Å²) in [5.41, 5.74) is -1.87. The molecule has 0 amide bonds. The summed E-state index contributed by atoms with van der Waals surface area (Å²) in [5.74, 6) is -2.86. The number of halogens is 2. The van der Waals surface area contributed by atoms with Gasteiger partial charge in [-0.25, -0.2) is 9.59 Å². The molecule has 0 bridgehead atoms. The topological polar surface area (TPSA) is 52.6 Å². The van der Waals surface area contributed by atoms with Crippen molar-refractivity contribution in [2.75, 3.05) is 0 Å². The molecule has 0 unspecified atom stereocenters. The van der Waals surface area contributed by atoms with E-state index in [1.54, 1.807) is 0 Å². The first-order valence-electron chi connectivity index (χ1n) is 3.75. The van der Waals surface area contributed by atoms with E-state index in [9.17, 15) is 18.6 Å². The van der Waals surface area contributed by atoms with Gasteiger partial charge in [-0.1, -0.05) is 13.8 Å². The first-order valence-corrected chi connectivity index (χ1v) is 3.75. The van der Waals surface area contributed by atoms with Crippen LogP contribution in [0.2, 0.25) is 0 Å². The van der Waals surface area contributed by atoms with E-state index in [0.717, 1.165) is 0 Å². The molecule has 0 rings (SSSR count). The van der Waals surface area contributed by atoms with Crippen LogP contribution in [-0.4, -0.2) is 11.9 Å². The largest absolute Gasteiger partial charge is 0.366 e. The monoisotopic (exact) mass is 196 g/mol. The van der Waals surface area contributed by atoms with Crippen LogP contribution in [0.25, 0.3) is 0 Å². The third-order valence-corrected chi connectivity index (χ3v) is 2.13. The maximum absolute atomic E-state index is 11.6. The predicted octanol–water partition coefficient (Wildman–Crippen LogP) is 1.65. The summed E-state index contributed by atoms with van der Waals surface area (Å²) in [6.07, 6.45) is -0.177. The Kier molecular flexibility index (Phi) is 4.30. The lowest BCUT2D eigenvalue weighted by Crippen LogP contribution is -2.39. The maximum atomic E-state index is 11.6. The third-order valence-electron chi connectivity index (χ3n) is 2.13. The van der Waals surface area contributed by atoms with Gasteiger partial charge in [0.2, 0.25) is 0 Å². The van der Waals surface area contributed by atoms with Crippen LogP contribution in [-0.2, 0) is 19.5 Å². The molecule has 0 fully saturated rings. The molecule has 0 aliphatic rings. The van der Waals surface area contributed by atoms with Crippen molar-refractivity contribution < 1.29 is 28.5 Å². The van der Waals surface area contributed by atoms with Gasteiger partial charge in [0.05, 0.1) is 0 Å². The van der Waals surface area contributed by atoms with E-state index in [1.165, 1.54) is 13.8 Å². The zero-order valence-corrected chi connectivity index (χ0v) is 7.30. The zero-order chi connectivity index (χ0) is 10.5. The van der Waals surface area contributed by atoms with Gasteiger partial charge in [-0.3, -0.25) is 9.88 Å². The van der Waals surface area contributed by atoms with Gasteiger partial charge >= 0.3 is 11.9 Å². The molecule has 0 aromatic carbocycles. The molecule has 13 heavy (non-hydrogen) atoms. The third kappa shape index (κ3) is 1.93. The Hall–Kier alpha value is -1.20. The van der Waals surface area contributed by atoms with Crippen molar-refractivity contribution in [2.24, 2.45) is 5.41 Å². The van der Waals surface area contributed by atoms with Crippen LogP contribution in [0.4, 0.5) is 9.05 Å². The molecule has 0 saturated heterocycles. The molecule has 0 aromatic heterocycles. The maximum Gasteiger partial charge on any atom is 0.366 e. The minimum Gasteiger partial charge on any atom is -0.254 e. The number of hydrogen-bond acceptors (Lipinski definition) is 4. The van der Waals surface area contributed by atoms with Gasteiger partial charge < -0.3 is 0 Å². The van der Waals surface area contributed by atoms with Crippen molar-refractivity contribution in [3.8, 4) is 0 Å². The lowest BCUT2D eigenvalue weighted by molar-refractivity contribution is -0.217. The van der Waals surface area contributed by atoms with E-state index in [-0.39, 0.29) is 12.8 Å². The summed E-state index contributed by atoms with van der Waals surface area (Å²) in [7, 11) is 0. The number of carbonyl (C=O) groups is 2.